The van der Waals surface area contributed by atoms with Crippen LogP contribution < -0.4 is 0 Å². The van der Waals surface area contributed by atoms with Crippen molar-refractivity contribution in [2.75, 3.05) is 39.6 Å². The van der Waals surface area contributed by atoms with Gasteiger partial charge in [0.25, 0.3) is 0 Å². The van der Waals surface area contributed by atoms with Gasteiger partial charge in [0, 0.05) is 13.2 Å². The first-order chi connectivity index (χ1) is 15.0. The van der Waals surface area contributed by atoms with Gasteiger partial charge in [-0.3, -0.25) is 9.59 Å². The molecule has 0 spiro atoms. The van der Waals surface area contributed by atoms with Crippen LogP contribution in [0.5, 0.6) is 0 Å². The fourth-order valence-electron chi connectivity index (χ4n) is 2.32. The molecule has 8 nitrogen and oxygen atoms in total. The first-order valence-electron chi connectivity index (χ1n) is 11.8. The number of carbonyl (C=O) groups excluding carboxylic acids is 2. The SMILES string of the molecule is CCC(C)(C)C(=O)OCC(O)COCCCCCCOCC(O)COC(=O)C(C)(C)CC. The van der Waals surface area contributed by atoms with Crippen molar-refractivity contribution < 1.29 is 38.7 Å². The molecular weight excluding hydrogens is 416 g/mol. The summed E-state index contributed by atoms with van der Waals surface area (Å²) in [5.74, 6) is -0.620. The predicted molar refractivity (Wildman–Crippen MR) is 122 cm³/mol. The van der Waals surface area contributed by atoms with Gasteiger partial charge in [-0.1, -0.05) is 26.7 Å². The Labute approximate surface area is 193 Å². The molecule has 0 aromatic rings. The van der Waals surface area contributed by atoms with Crippen molar-refractivity contribution in [3.63, 3.8) is 0 Å². The number of aliphatic hydroxyl groups is 2. The van der Waals surface area contributed by atoms with Gasteiger partial charge in [-0.05, 0) is 53.4 Å². The summed E-state index contributed by atoms with van der Waals surface area (Å²) in [6.45, 7) is 12.3. The van der Waals surface area contributed by atoms with E-state index in [0.717, 1.165) is 25.7 Å². The highest BCUT2D eigenvalue weighted by atomic mass is 16.6. The maximum Gasteiger partial charge on any atom is 0.311 e. The van der Waals surface area contributed by atoms with Crippen LogP contribution in [0.3, 0.4) is 0 Å². The molecule has 0 saturated carbocycles. The standard InChI is InChI=1S/C24H46O8/c1-7-23(3,4)21(27)31-17-19(25)15-29-13-11-9-10-12-14-30-16-20(26)18-32-22(28)24(5,6)8-2/h19-20,25-26H,7-18H2,1-6H3. The Bertz CT molecular complexity index is 472. The average molecular weight is 463 g/mol. The monoisotopic (exact) mass is 462 g/mol. The molecule has 0 saturated heterocycles. The lowest BCUT2D eigenvalue weighted by molar-refractivity contribution is -0.158. The van der Waals surface area contributed by atoms with Crippen molar-refractivity contribution in [2.24, 2.45) is 10.8 Å². The van der Waals surface area contributed by atoms with Gasteiger partial charge >= 0.3 is 11.9 Å². The van der Waals surface area contributed by atoms with E-state index in [0.29, 0.717) is 26.1 Å². The average Bonchev–Trinajstić information content (AvgIpc) is 2.76. The van der Waals surface area contributed by atoms with Crippen molar-refractivity contribution >= 4 is 11.9 Å². The van der Waals surface area contributed by atoms with Crippen molar-refractivity contribution in [2.45, 2.75) is 92.3 Å². The minimum Gasteiger partial charge on any atom is -0.462 e. The highest BCUT2D eigenvalue weighted by Gasteiger charge is 2.28. The molecule has 0 radical (unpaired) electrons. The Balaban J connectivity index is 3.57. The summed E-state index contributed by atoms with van der Waals surface area (Å²) < 4.78 is 21.1. The van der Waals surface area contributed by atoms with Gasteiger partial charge in [0.15, 0.2) is 0 Å². The molecule has 190 valence electrons. The third kappa shape index (κ3) is 14.0. The van der Waals surface area contributed by atoms with Gasteiger partial charge in [-0.15, -0.1) is 0 Å². The van der Waals surface area contributed by atoms with Crippen LogP contribution in [0.15, 0.2) is 0 Å². The second-order valence-corrected chi connectivity index (χ2v) is 9.54. The van der Waals surface area contributed by atoms with Crippen LogP contribution in [-0.2, 0) is 28.5 Å². The van der Waals surface area contributed by atoms with Crippen LogP contribution in [0, 0.1) is 10.8 Å². The van der Waals surface area contributed by atoms with Gasteiger partial charge in [0.1, 0.15) is 25.4 Å². The van der Waals surface area contributed by atoms with Crippen LogP contribution in [-0.4, -0.2) is 74.0 Å². The molecule has 0 aliphatic heterocycles. The molecule has 2 atom stereocenters. The van der Waals surface area contributed by atoms with Gasteiger partial charge in [0.05, 0.1) is 24.0 Å². The Morgan fingerprint density at radius 1 is 0.656 bits per heavy atom. The molecule has 2 unspecified atom stereocenters. The van der Waals surface area contributed by atoms with E-state index in [9.17, 15) is 19.8 Å². The summed E-state index contributed by atoms with van der Waals surface area (Å²) in [5, 5.41) is 19.7. The van der Waals surface area contributed by atoms with Gasteiger partial charge in [-0.25, -0.2) is 0 Å². The summed E-state index contributed by atoms with van der Waals surface area (Å²) in [4.78, 5) is 23.7. The highest BCUT2D eigenvalue weighted by molar-refractivity contribution is 5.76. The zero-order valence-corrected chi connectivity index (χ0v) is 21.0. The summed E-state index contributed by atoms with van der Waals surface area (Å²) in [6.07, 6.45) is 3.37. The number of unbranched alkanes of at least 4 members (excludes halogenated alkanes) is 3. The summed E-state index contributed by atoms with van der Waals surface area (Å²) >= 11 is 0. The van der Waals surface area contributed by atoms with Crippen LogP contribution >= 0.6 is 0 Å². The first kappa shape index (κ1) is 30.8. The number of hydrogen-bond donors (Lipinski definition) is 2. The molecule has 32 heavy (non-hydrogen) atoms. The lowest BCUT2D eigenvalue weighted by atomic mass is 9.91. The Morgan fingerprint density at radius 2 is 1.00 bits per heavy atom. The van der Waals surface area contributed by atoms with E-state index in [2.05, 4.69) is 0 Å². The number of carbonyl (C=O) groups is 2. The number of aliphatic hydroxyl groups excluding tert-OH is 2. The van der Waals surface area contributed by atoms with Crippen LogP contribution in [0.25, 0.3) is 0 Å². The predicted octanol–water partition coefficient (Wildman–Crippen LogP) is 3.26. The zero-order chi connectivity index (χ0) is 24.6. The second-order valence-electron chi connectivity index (χ2n) is 9.54. The molecule has 0 aromatic carbocycles. The van der Waals surface area contributed by atoms with Crippen LogP contribution in [0.2, 0.25) is 0 Å². The van der Waals surface area contributed by atoms with E-state index in [1.54, 1.807) is 0 Å². The van der Waals surface area contributed by atoms with E-state index in [-0.39, 0.29) is 38.4 Å². The summed E-state index contributed by atoms with van der Waals surface area (Å²) in [7, 11) is 0. The number of rotatable bonds is 19. The van der Waals surface area contributed by atoms with E-state index in [1.807, 2.05) is 41.5 Å². The van der Waals surface area contributed by atoms with E-state index >= 15 is 0 Å². The van der Waals surface area contributed by atoms with Crippen molar-refractivity contribution in [3.8, 4) is 0 Å². The number of hydrogen-bond acceptors (Lipinski definition) is 8. The molecule has 0 amide bonds. The molecule has 0 rings (SSSR count). The second kappa shape index (κ2) is 16.4. The molecule has 0 heterocycles. The normalized spacial score (nSPS) is 14.1. The fourth-order valence-corrected chi connectivity index (χ4v) is 2.32. The third-order valence-corrected chi connectivity index (χ3v) is 5.63. The number of esters is 2. The molecule has 0 aromatic heterocycles. The largest absolute Gasteiger partial charge is 0.462 e. The fraction of sp³-hybridized carbons (Fsp3) is 0.917. The van der Waals surface area contributed by atoms with Gasteiger partial charge < -0.3 is 29.2 Å². The quantitative estimate of drug-likeness (QED) is 0.222. The molecule has 2 N–H and O–H groups in total. The summed E-state index contributed by atoms with van der Waals surface area (Å²) in [5.41, 5.74) is -1.08. The Hall–Kier alpha value is -1.22. The van der Waals surface area contributed by atoms with Crippen molar-refractivity contribution in [1.82, 2.24) is 0 Å². The third-order valence-electron chi connectivity index (χ3n) is 5.63. The maximum atomic E-state index is 11.8. The Morgan fingerprint density at radius 3 is 1.31 bits per heavy atom. The first-order valence-corrected chi connectivity index (χ1v) is 11.8. The van der Waals surface area contributed by atoms with E-state index < -0.39 is 23.0 Å². The van der Waals surface area contributed by atoms with E-state index in [1.165, 1.54) is 0 Å². The lowest BCUT2D eigenvalue weighted by Gasteiger charge is -2.21. The molecule has 0 bridgehead atoms. The molecule has 0 aliphatic rings. The Kier molecular flexibility index (Phi) is 15.8. The molecular formula is C24H46O8. The molecule has 0 fully saturated rings. The molecule has 8 heteroatoms. The minimum atomic E-state index is -0.821. The zero-order valence-electron chi connectivity index (χ0n) is 21.0. The van der Waals surface area contributed by atoms with Gasteiger partial charge in [-0.2, -0.15) is 0 Å². The smallest absolute Gasteiger partial charge is 0.311 e. The highest BCUT2D eigenvalue weighted by Crippen LogP contribution is 2.22. The number of ether oxygens (including phenoxy) is 4. The summed E-state index contributed by atoms with van der Waals surface area (Å²) in [6, 6.07) is 0. The maximum absolute atomic E-state index is 11.8. The van der Waals surface area contributed by atoms with Crippen LogP contribution in [0.1, 0.15) is 80.1 Å². The van der Waals surface area contributed by atoms with Crippen LogP contribution in [0.4, 0.5) is 0 Å². The lowest BCUT2D eigenvalue weighted by Crippen LogP contribution is -2.30. The minimum absolute atomic E-state index is 0.0545. The molecule has 0 aliphatic carbocycles. The van der Waals surface area contributed by atoms with Crippen molar-refractivity contribution in [1.29, 1.82) is 0 Å². The van der Waals surface area contributed by atoms with Gasteiger partial charge in [0.2, 0.25) is 0 Å². The van der Waals surface area contributed by atoms with Crippen molar-refractivity contribution in [3.05, 3.63) is 0 Å². The van der Waals surface area contributed by atoms with E-state index in [4.69, 9.17) is 18.9 Å². The topological polar surface area (TPSA) is 112 Å².